The third-order valence-corrected chi connectivity index (χ3v) is 3.03. The van der Waals surface area contributed by atoms with E-state index in [4.69, 9.17) is 5.73 Å². The molecule has 112 valence electrons. The molecule has 0 unspecified atom stereocenters. The molecule has 0 atom stereocenters. The predicted molar refractivity (Wildman–Crippen MR) is 78.9 cm³/mol. The maximum absolute atomic E-state index is 12.9. The number of nitrogens with zero attached hydrogens (tertiary/aromatic N) is 2. The van der Waals surface area contributed by atoms with E-state index in [-0.39, 0.29) is 11.7 Å². The topological polar surface area (TPSA) is 72.9 Å². The predicted octanol–water partition coefficient (Wildman–Crippen LogP) is 1.79. The minimum Gasteiger partial charge on any atom is -0.350 e. The Labute approximate surface area is 123 Å². The number of hydrogen-bond donors (Lipinski definition) is 2. The Hall–Kier alpha value is -2.21. The lowest BCUT2D eigenvalue weighted by Crippen LogP contribution is -2.45. The van der Waals surface area contributed by atoms with Crippen molar-refractivity contribution >= 4 is 5.91 Å². The fourth-order valence-electron chi connectivity index (χ4n) is 1.88. The van der Waals surface area contributed by atoms with Gasteiger partial charge in [-0.25, -0.2) is 9.07 Å². The van der Waals surface area contributed by atoms with Gasteiger partial charge in [-0.15, -0.1) is 0 Å². The minimum atomic E-state index is -0.476. The van der Waals surface area contributed by atoms with Crippen molar-refractivity contribution in [1.82, 2.24) is 15.1 Å². The maximum Gasteiger partial charge on any atom is 0.254 e. The molecule has 1 amide bonds. The molecule has 1 heterocycles. The van der Waals surface area contributed by atoms with E-state index in [9.17, 15) is 9.18 Å². The Morgan fingerprint density at radius 3 is 2.57 bits per heavy atom. The molecule has 0 bridgehead atoms. The molecule has 1 aromatic heterocycles. The smallest absolute Gasteiger partial charge is 0.254 e. The molecule has 0 aliphatic rings. The lowest BCUT2D eigenvalue weighted by atomic mass is 10.1. The first-order chi connectivity index (χ1) is 9.78. The van der Waals surface area contributed by atoms with E-state index in [1.807, 2.05) is 13.8 Å². The van der Waals surface area contributed by atoms with Crippen LogP contribution < -0.4 is 11.1 Å². The zero-order valence-electron chi connectivity index (χ0n) is 12.4. The molecule has 0 fully saturated rings. The molecule has 3 N–H and O–H groups in total. The summed E-state index contributed by atoms with van der Waals surface area (Å²) in [7, 11) is 0. The number of amides is 1. The third kappa shape index (κ3) is 3.66. The average molecular weight is 290 g/mol. The van der Waals surface area contributed by atoms with Gasteiger partial charge in [0, 0.05) is 12.1 Å². The summed E-state index contributed by atoms with van der Waals surface area (Å²) in [5, 5.41) is 6.96. The summed E-state index contributed by atoms with van der Waals surface area (Å²) in [5.74, 6) is -0.536. The standard InChI is InChI=1S/C15H19FN4O/c1-10-13(14(21)18-9-15(2,3)17)8-19-20(10)12-6-4-11(16)5-7-12/h4-8H,9,17H2,1-3H3,(H,18,21). The Morgan fingerprint density at radius 1 is 1.38 bits per heavy atom. The average Bonchev–Trinajstić information content (AvgIpc) is 2.78. The van der Waals surface area contributed by atoms with E-state index in [1.54, 1.807) is 23.7 Å². The van der Waals surface area contributed by atoms with Crippen molar-refractivity contribution in [3.63, 3.8) is 0 Å². The molecule has 21 heavy (non-hydrogen) atoms. The highest BCUT2D eigenvalue weighted by molar-refractivity contribution is 5.95. The first kappa shape index (κ1) is 15.2. The van der Waals surface area contributed by atoms with E-state index in [2.05, 4.69) is 10.4 Å². The largest absolute Gasteiger partial charge is 0.350 e. The number of aromatic nitrogens is 2. The number of halogens is 1. The number of carbonyl (C=O) groups excluding carboxylic acids is 1. The van der Waals surface area contributed by atoms with Crippen molar-refractivity contribution in [3.8, 4) is 5.69 Å². The van der Waals surface area contributed by atoms with Crippen LogP contribution in [0.1, 0.15) is 29.9 Å². The molecule has 0 radical (unpaired) electrons. The normalized spacial score (nSPS) is 11.5. The number of nitrogens with one attached hydrogen (secondary N) is 1. The maximum atomic E-state index is 12.9. The van der Waals surface area contributed by atoms with Crippen molar-refractivity contribution in [2.75, 3.05) is 6.54 Å². The number of nitrogens with two attached hydrogens (primary N) is 1. The molecule has 1 aromatic carbocycles. The summed E-state index contributed by atoms with van der Waals surface area (Å²) < 4.78 is 14.5. The van der Waals surface area contributed by atoms with Crippen molar-refractivity contribution in [3.05, 3.63) is 47.5 Å². The lowest BCUT2D eigenvalue weighted by Gasteiger charge is -2.18. The quantitative estimate of drug-likeness (QED) is 0.901. The van der Waals surface area contributed by atoms with Crippen LogP contribution in [0, 0.1) is 12.7 Å². The summed E-state index contributed by atoms with van der Waals surface area (Å²) in [6.07, 6.45) is 1.50. The van der Waals surface area contributed by atoms with Crippen LogP contribution in [0.3, 0.4) is 0 Å². The molecule has 2 aromatic rings. The van der Waals surface area contributed by atoms with Crippen molar-refractivity contribution < 1.29 is 9.18 Å². The van der Waals surface area contributed by atoms with Crippen LogP contribution in [-0.2, 0) is 0 Å². The fraction of sp³-hybridized carbons (Fsp3) is 0.333. The van der Waals surface area contributed by atoms with Crippen LogP contribution in [0.2, 0.25) is 0 Å². The van der Waals surface area contributed by atoms with Crippen LogP contribution in [-0.4, -0.2) is 27.8 Å². The third-order valence-electron chi connectivity index (χ3n) is 3.03. The number of carbonyl (C=O) groups is 1. The van der Waals surface area contributed by atoms with Gasteiger partial charge in [0.15, 0.2) is 0 Å². The van der Waals surface area contributed by atoms with Gasteiger partial charge in [0.25, 0.3) is 5.91 Å². The highest BCUT2D eigenvalue weighted by atomic mass is 19.1. The van der Waals surface area contributed by atoms with Gasteiger partial charge in [0.05, 0.1) is 23.1 Å². The second-order valence-corrected chi connectivity index (χ2v) is 5.70. The number of rotatable bonds is 4. The fourth-order valence-corrected chi connectivity index (χ4v) is 1.88. The van der Waals surface area contributed by atoms with E-state index >= 15 is 0 Å². The highest BCUT2D eigenvalue weighted by Crippen LogP contribution is 2.14. The first-order valence-electron chi connectivity index (χ1n) is 6.65. The van der Waals surface area contributed by atoms with Gasteiger partial charge in [-0.05, 0) is 45.0 Å². The molecule has 0 saturated carbocycles. The number of hydrogen-bond acceptors (Lipinski definition) is 3. The second-order valence-electron chi connectivity index (χ2n) is 5.70. The zero-order chi connectivity index (χ0) is 15.6. The first-order valence-corrected chi connectivity index (χ1v) is 6.65. The highest BCUT2D eigenvalue weighted by Gasteiger charge is 2.17. The molecular formula is C15H19FN4O. The lowest BCUT2D eigenvalue weighted by molar-refractivity contribution is 0.0945. The molecule has 0 spiro atoms. The van der Waals surface area contributed by atoms with Crippen LogP contribution in [0.25, 0.3) is 5.69 Å². The van der Waals surface area contributed by atoms with Gasteiger partial charge in [-0.3, -0.25) is 4.79 Å². The van der Waals surface area contributed by atoms with Crippen LogP contribution >= 0.6 is 0 Å². The molecule has 2 rings (SSSR count). The zero-order valence-corrected chi connectivity index (χ0v) is 12.4. The molecule has 0 saturated heterocycles. The minimum absolute atomic E-state index is 0.223. The molecule has 0 aliphatic heterocycles. The van der Waals surface area contributed by atoms with Crippen LogP contribution in [0.5, 0.6) is 0 Å². The SMILES string of the molecule is Cc1c(C(=O)NCC(C)(C)N)cnn1-c1ccc(F)cc1. The Morgan fingerprint density at radius 2 is 2.00 bits per heavy atom. The summed E-state index contributed by atoms with van der Waals surface area (Å²) in [5.41, 5.74) is 7.23. The van der Waals surface area contributed by atoms with Gasteiger partial charge >= 0.3 is 0 Å². The summed E-state index contributed by atoms with van der Waals surface area (Å²) >= 11 is 0. The summed E-state index contributed by atoms with van der Waals surface area (Å²) in [4.78, 5) is 12.1. The second kappa shape index (κ2) is 5.65. The van der Waals surface area contributed by atoms with Crippen LogP contribution in [0.15, 0.2) is 30.5 Å². The van der Waals surface area contributed by atoms with E-state index < -0.39 is 5.54 Å². The Balaban J connectivity index is 2.20. The van der Waals surface area contributed by atoms with Gasteiger partial charge in [-0.1, -0.05) is 0 Å². The monoisotopic (exact) mass is 290 g/mol. The van der Waals surface area contributed by atoms with Gasteiger partial charge < -0.3 is 11.1 Å². The van der Waals surface area contributed by atoms with Crippen LogP contribution in [0.4, 0.5) is 4.39 Å². The molecular weight excluding hydrogens is 271 g/mol. The van der Waals surface area contributed by atoms with Crippen molar-refractivity contribution in [2.24, 2.45) is 5.73 Å². The van der Waals surface area contributed by atoms with Gasteiger partial charge in [0.1, 0.15) is 5.82 Å². The van der Waals surface area contributed by atoms with Crippen molar-refractivity contribution in [2.45, 2.75) is 26.3 Å². The molecule has 5 nitrogen and oxygen atoms in total. The summed E-state index contributed by atoms with van der Waals surface area (Å²) in [6.45, 7) is 5.83. The summed E-state index contributed by atoms with van der Waals surface area (Å²) in [6, 6.07) is 5.93. The molecule has 0 aliphatic carbocycles. The van der Waals surface area contributed by atoms with E-state index in [0.29, 0.717) is 23.5 Å². The van der Waals surface area contributed by atoms with E-state index in [0.717, 1.165) is 0 Å². The van der Waals surface area contributed by atoms with E-state index in [1.165, 1.54) is 18.3 Å². The van der Waals surface area contributed by atoms with Gasteiger partial charge in [0.2, 0.25) is 0 Å². The number of benzene rings is 1. The van der Waals surface area contributed by atoms with Gasteiger partial charge in [-0.2, -0.15) is 5.10 Å². The Kier molecular flexibility index (Phi) is 4.09. The Bertz CT molecular complexity index is 641. The van der Waals surface area contributed by atoms with Crippen molar-refractivity contribution in [1.29, 1.82) is 0 Å². The molecule has 6 heteroatoms.